The fraction of sp³-hybridized carbons (Fsp3) is 0.333. The van der Waals surface area contributed by atoms with Gasteiger partial charge >= 0.3 is 0 Å². The van der Waals surface area contributed by atoms with Crippen molar-refractivity contribution < 1.29 is 8.42 Å². The van der Waals surface area contributed by atoms with Crippen LogP contribution < -0.4 is 5.73 Å². The van der Waals surface area contributed by atoms with Gasteiger partial charge < -0.3 is 5.73 Å². The van der Waals surface area contributed by atoms with Gasteiger partial charge in [0, 0.05) is 6.54 Å². The molecule has 2 aromatic rings. The van der Waals surface area contributed by atoms with Gasteiger partial charge in [-0.1, -0.05) is 6.07 Å². The van der Waals surface area contributed by atoms with Gasteiger partial charge in [-0.25, -0.2) is 18.1 Å². The van der Waals surface area contributed by atoms with Gasteiger partial charge in [-0.15, -0.1) is 0 Å². The Bertz CT molecular complexity index is 692. The van der Waals surface area contributed by atoms with Crippen LogP contribution in [0.5, 0.6) is 0 Å². The zero-order valence-corrected chi connectivity index (χ0v) is 11.7. The van der Waals surface area contributed by atoms with Gasteiger partial charge in [-0.2, -0.15) is 5.10 Å². The monoisotopic (exact) mass is 280 g/mol. The Morgan fingerprint density at radius 3 is 2.74 bits per heavy atom. The second kappa shape index (κ2) is 5.00. The first-order chi connectivity index (χ1) is 8.94. The van der Waals surface area contributed by atoms with Gasteiger partial charge in [0.1, 0.15) is 17.9 Å². The lowest BCUT2D eigenvalue weighted by molar-refractivity contribution is 0.584. The molecule has 0 bridgehead atoms. The lowest BCUT2D eigenvalue weighted by Gasteiger charge is -2.08. The quantitative estimate of drug-likeness (QED) is 0.849. The van der Waals surface area contributed by atoms with Crippen LogP contribution in [-0.2, 0) is 22.1 Å². The van der Waals surface area contributed by atoms with Gasteiger partial charge in [0.15, 0.2) is 9.84 Å². The molecule has 1 aromatic carbocycles. The van der Waals surface area contributed by atoms with E-state index in [-0.39, 0.29) is 16.3 Å². The minimum atomic E-state index is -3.51. The summed E-state index contributed by atoms with van der Waals surface area (Å²) in [6.07, 6.45) is 1.35. The Balaban J connectivity index is 2.38. The van der Waals surface area contributed by atoms with Crippen molar-refractivity contribution in [2.75, 3.05) is 5.73 Å². The first-order valence-corrected chi connectivity index (χ1v) is 7.55. The van der Waals surface area contributed by atoms with Crippen LogP contribution in [0.3, 0.4) is 0 Å². The summed E-state index contributed by atoms with van der Waals surface area (Å²) in [4.78, 5) is 4.12. The van der Waals surface area contributed by atoms with E-state index in [1.807, 2.05) is 13.8 Å². The summed E-state index contributed by atoms with van der Waals surface area (Å²) in [6, 6.07) is 4.91. The van der Waals surface area contributed by atoms with E-state index in [0.717, 1.165) is 5.56 Å². The Hall–Kier alpha value is -1.89. The second-order valence-corrected chi connectivity index (χ2v) is 6.25. The van der Waals surface area contributed by atoms with Gasteiger partial charge in [0.2, 0.25) is 0 Å². The molecule has 0 saturated heterocycles. The van der Waals surface area contributed by atoms with Gasteiger partial charge in [-0.3, -0.25) is 0 Å². The highest BCUT2D eigenvalue weighted by Crippen LogP contribution is 2.22. The first-order valence-electron chi connectivity index (χ1n) is 5.89. The number of anilines is 1. The van der Waals surface area contributed by atoms with Crippen LogP contribution in [0.1, 0.15) is 18.3 Å². The molecule has 102 valence electrons. The fourth-order valence-corrected chi connectivity index (χ4v) is 3.28. The molecular formula is C12H16N4O2S. The Morgan fingerprint density at radius 2 is 2.11 bits per heavy atom. The van der Waals surface area contributed by atoms with Crippen molar-refractivity contribution in [3.8, 4) is 0 Å². The predicted molar refractivity (Wildman–Crippen MR) is 72.2 cm³/mol. The smallest absolute Gasteiger partial charge is 0.187 e. The van der Waals surface area contributed by atoms with Crippen LogP contribution in [-0.4, -0.2) is 23.2 Å². The number of aromatic nitrogens is 3. The molecule has 19 heavy (non-hydrogen) atoms. The predicted octanol–water partition coefficient (Wildman–Crippen LogP) is 1.16. The molecule has 0 fully saturated rings. The Morgan fingerprint density at radius 1 is 1.37 bits per heavy atom. The average molecular weight is 280 g/mol. The summed E-state index contributed by atoms with van der Waals surface area (Å²) < 4.78 is 26.2. The molecule has 2 N–H and O–H groups in total. The van der Waals surface area contributed by atoms with E-state index in [2.05, 4.69) is 10.1 Å². The maximum atomic E-state index is 12.3. The topological polar surface area (TPSA) is 90.9 Å². The number of nitrogen functional groups attached to an aromatic ring is 1. The number of hydrogen-bond donors (Lipinski definition) is 1. The van der Waals surface area contributed by atoms with Crippen molar-refractivity contribution in [1.82, 2.24) is 14.8 Å². The normalized spacial score (nSPS) is 11.7. The minimum absolute atomic E-state index is 0.142. The molecule has 0 saturated carbocycles. The standard InChI is InChI=1S/C12H16N4O2S/c1-3-16-12(14-8-15-16)7-19(17,18)11-5-4-9(2)6-10(11)13/h4-6,8H,3,7,13H2,1-2H3. The summed E-state index contributed by atoms with van der Waals surface area (Å²) in [7, 11) is -3.51. The van der Waals surface area contributed by atoms with Crippen LogP contribution in [0, 0.1) is 6.92 Å². The van der Waals surface area contributed by atoms with Crippen LogP contribution >= 0.6 is 0 Å². The molecule has 0 atom stereocenters. The highest BCUT2D eigenvalue weighted by atomic mass is 32.2. The summed E-state index contributed by atoms with van der Waals surface area (Å²) >= 11 is 0. The van der Waals surface area contributed by atoms with Crippen LogP contribution in [0.25, 0.3) is 0 Å². The molecule has 0 spiro atoms. The van der Waals surface area contributed by atoms with Crippen LogP contribution in [0.2, 0.25) is 0 Å². The summed E-state index contributed by atoms with van der Waals surface area (Å²) in [5.74, 6) is 0.219. The lowest BCUT2D eigenvalue weighted by Crippen LogP contribution is -2.13. The van der Waals surface area contributed by atoms with E-state index in [0.29, 0.717) is 12.4 Å². The lowest BCUT2D eigenvalue weighted by atomic mass is 10.2. The molecule has 0 aliphatic rings. The van der Waals surface area contributed by atoms with Gasteiger partial charge in [0.05, 0.1) is 10.6 Å². The third-order valence-electron chi connectivity index (χ3n) is 2.81. The molecule has 6 nitrogen and oxygen atoms in total. The molecule has 0 unspecified atom stereocenters. The number of rotatable bonds is 4. The Kier molecular flexibility index (Phi) is 3.57. The summed E-state index contributed by atoms with van der Waals surface area (Å²) in [5, 5.41) is 3.96. The number of hydrogen-bond acceptors (Lipinski definition) is 5. The highest BCUT2D eigenvalue weighted by molar-refractivity contribution is 7.90. The van der Waals surface area contributed by atoms with E-state index in [1.165, 1.54) is 12.4 Å². The van der Waals surface area contributed by atoms with E-state index < -0.39 is 9.84 Å². The van der Waals surface area contributed by atoms with Gasteiger partial charge in [-0.05, 0) is 31.5 Å². The third-order valence-corrected chi connectivity index (χ3v) is 4.49. The van der Waals surface area contributed by atoms with E-state index in [9.17, 15) is 8.42 Å². The summed E-state index contributed by atoms with van der Waals surface area (Å²) in [5.41, 5.74) is 6.98. The third kappa shape index (κ3) is 2.76. The van der Waals surface area contributed by atoms with Crippen LogP contribution in [0.4, 0.5) is 5.69 Å². The molecule has 1 heterocycles. The fourth-order valence-electron chi connectivity index (χ4n) is 1.86. The maximum Gasteiger partial charge on any atom is 0.187 e. The van der Waals surface area contributed by atoms with E-state index in [4.69, 9.17) is 5.73 Å². The molecule has 2 rings (SSSR count). The number of aryl methyl sites for hydroxylation is 2. The number of sulfone groups is 1. The Labute approximate surface area is 112 Å². The van der Waals surface area contributed by atoms with E-state index in [1.54, 1.807) is 16.8 Å². The molecule has 7 heteroatoms. The van der Waals surface area contributed by atoms with Crippen molar-refractivity contribution in [1.29, 1.82) is 0 Å². The van der Waals surface area contributed by atoms with Crippen molar-refractivity contribution in [3.63, 3.8) is 0 Å². The number of nitrogens with two attached hydrogens (primary N) is 1. The molecule has 0 aliphatic heterocycles. The first kappa shape index (κ1) is 13.5. The highest BCUT2D eigenvalue weighted by Gasteiger charge is 2.21. The van der Waals surface area contributed by atoms with Crippen molar-refractivity contribution in [2.24, 2.45) is 0 Å². The second-order valence-electron chi connectivity index (χ2n) is 4.29. The molecule has 0 amide bonds. The molecule has 1 aromatic heterocycles. The SMILES string of the molecule is CCn1ncnc1CS(=O)(=O)c1ccc(C)cc1N. The number of benzene rings is 1. The molecule has 0 aliphatic carbocycles. The average Bonchev–Trinajstić information content (AvgIpc) is 2.74. The van der Waals surface area contributed by atoms with Crippen LogP contribution in [0.15, 0.2) is 29.4 Å². The molecule has 0 radical (unpaired) electrons. The number of nitrogens with zero attached hydrogens (tertiary/aromatic N) is 3. The van der Waals surface area contributed by atoms with Crippen molar-refractivity contribution in [2.45, 2.75) is 31.0 Å². The minimum Gasteiger partial charge on any atom is -0.398 e. The maximum absolute atomic E-state index is 12.3. The largest absolute Gasteiger partial charge is 0.398 e. The van der Waals surface area contributed by atoms with Gasteiger partial charge in [0.25, 0.3) is 0 Å². The van der Waals surface area contributed by atoms with E-state index >= 15 is 0 Å². The van der Waals surface area contributed by atoms with Crippen molar-refractivity contribution >= 4 is 15.5 Å². The zero-order chi connectivity index (χ0) is 14.0. The molecular weight excluding hydrogens is 264 g/mol. The zero-order valence-electron chi connectivity index (χ0n) is 10.9. The van der Waals surface area contributed by atoms with Crippen molar-refractivity contribution in [3.05, 3.63) is 35.9 Å². The summed E-state index contributed by atoms with van der Waals surface area (Å²) in [6.45, 7) is 4.32.